The van der Waals surface area contributed by atoms with Crippen LogP contribution in [0.2, 0.25) is 0 Å². The van der Waals surface area contributed by atoms with Crippen LogP contribution in [0.1, 0.15) is 21.6 Å². The van der Waals surface area contributed by atoms with Gasteiger partial charge in [-0.2, -0.15) is 13.2 Å². The zero-order valence-electron chi connectivity index (χ0n) is 14.6. The summed E-state index contributed by atoms with van der Waals surface area (Å²) in [5, 5.41) is 0. The molecule has 1 amide bonds. The number of aryl methyl sites for hydroxylation is 1. The van der Waals surface area contributed by atoms with E-state index in [4.69, 9.17) is 0 Å². The van der Waals surface area contributed by atoms with Crippen molar-refractivity contribution < 1.29 is 18.0 Å². The second-order valence-corrected chi connectivity index (χ2v) is 7.09. The van der Waals surface area contributed by atoms with Crippen molar-refractivity contribution in [2.75, 3.05) is 31.1 Å². The molecule has 0 spiro atoms. The Morgan fingerprint density at radius 2 is 1.78 bits per heavy atom. The van der Waals surface area contributed by atoms with Crippen molar-refractivity contribution in [2.24, 2.45) is 11.8 Å². The Morgan fingerprint density at radius 3 is 2.33 bits per heavy atom. The Bertz CT molecular complexity index is 841. The summed E-state index contributed by atoms with van der Waals surface area (Å²) >= 11 is 0. The maximum absolute atomic E-state index is 12.6. The van der Waals surface area contributed by atoms with Crippen LogP contribution < -0.4 is 4.90 Å². The number of rotatable bonds is 2. The number of fused-ring (bicyclic) bond motifs is 1. The highest BCUT2D eigenvalue weighted by Gasteiger charge is 2.42. The summed E-state index contributed by atoms with van der Waals surface area (Å²) in [5.41, 5.74) is 0.209. The molecule has 2 aliphatic heterocycles. The number of alkyl halides is 3. The Morgan fingerprint density at radius 1 is 1.07 bits per heavy atom. The molecule has 2 aliphatic rings. The summed E-state index contributed by atoms with van der Waals surface area (Å²) in [7, 11) is 0. The van der Waals surface area contributed by atoms with E-state index in [1.165, 1.54) is 12.4 Å². The lowest BCUT2D eigenvalue weighted by Crippen LogP contribution is -2.33. The third-order valence-corrected chi connectivity index (χ3v) is 5.24. The van der Waals surface area contributed by atoms with Crippen LogP contribution in [-0.4, -0.2) is 51.9 Å². The molecule has 4 rings (SSSR count). The van der Waals surface area contributed by atoms with Crippen molar-refractivity contribution in [1.29, 1.82) is 0 Å². The minimum absolute atomic E-state index is 0.187. The number of hydrogen-bond donors (Lipinski definition) is 0. The minimum atomic E-state index is -4.51. The van der Waals surface area contributed by atoms with E-state index in [1.807, 2.05) is 6.92 Å². The summed E-state index contributed by atoms with van der Waals surface area (Å²) in [4.78, 5) is 28.3. The third kappa shape index (κ3) is 3.33. The molecule has 2 saturated heterocycles. The number of amides is 1. The molecule has 0 aromatic carbocycles. The first-order chi connectivity index (χ1) is 12.8. The Labute approximate surface area is 154 Å². The molecule has 2 unspecified atom stereocenters. The molecule has 2 aromatic rings. The average Bonchev–Trinajstić information content (AvgIpc) is 3.20. The van der Waals surface area contributed by atoms with Crippen LogP contribution in [0.3, 0.4) is 0 Å². The highest BCUT2D eigenvalue weighted by Crippen LogP contribution is 2.35. The molecule has 2 aromatic heterocycles. The van der Waals surface area contributed by atoms with Gasteiger partial charge in [-0.25, -0.2) is 9.97 Å². The second-order valence-electron chi connectivity index (χ2n) is 7.09. The maximum Gasteiger partial charge on any atom is 0.433 e. The standard InChI is InChI=1S/C18H18F3N5O/c1-11-4-22-10-24-16(11)25-6-13-8-26(9-14(13)7-25)17(27)12-2-3-15(23-5-12)18(19,20)21/h2-5,10,13-14H,6-9H2,1H3. The lowest BCUT2D eigenvalue weighted by molar-refractivity contribution is -0.141. The van der Waals surface area contributed by atoms with Gasteiger partial charge in [0.2, 0.25) is 0 Å². The average molecular weight is 377 g/mol. The topological polar surface area (TPSA) is 62.2 Å². The van der Waals surface area contributed by atoms with E-state index in [2.05, 4.69) is 19.9 Å². The monoisotopic (exact) mass is 377 g/mol. The molecule has 2 fully saturated rings. The first kappa shape index (κ1) is 17.7. The fourth-order valence-electron chi connectivity index (χ4n) is 3.93. The van der Waals surface area contributed by atoms with Gasteiger partial charge in [0.05, 0.1) is 5.56 Å². The largest absolute Gasteiger partial charge is 0.433 e. The molecule has 0 aliphatic carbocycles. The summed E-state index contributed by atoms with van der Waals surface area (Å²) in [5.74, 6) is 1.30. The zero-order valence-corrected chi connectivity index (χ0v) is 14.6. The number of carbonyl (C=O) groups excluding carboxylic acids is 1. The van der Waals surface area contributed by atoms with Crippen molar-refractivity contribution >= 4 is 11.7 Å². The van der Waals surface area contributed by atoms with E-state index >= 15 is 0 Å². The Kier molecular flexibility index (Phi) is 4.24. The number of aromatic nitrogens is 3. The highest BCUT2D eigenvalue weighted by molar-refractivity contribution is 5.94. The predicted molar refractivity (Wildman–Crippen MR) is 91.1 cm³/mol. The molecule has 0 radical (unpaired) electrons. The van der Waals surface area contributed by atoms with Crippen LogP contribution in [0.5, 0.6) is 0 Å². The van der Waals surface area contributed by atoms with Gasteiger partial charge in [-0.3, -0.25) is 9.78 Å². The van der Waals surface area contributed by atoms with E-state index in [9.17, 15) is 18.0 Å². The molecule has 27 heavy (non-hydrogen) atoms. The van der Waals surface area contributed by atoms with Crippen molar-refractivity contribution in [3.63, 3.8) is 0 Å². The summed E-state index contributed by atoms with van der Waals surface area (Å²) in [6.45, 7) is 4.75. The summed E-state index contributed by atoms with van der Waals surface area (Å²) in [6, 6.07) is 2.05. The first-order valence-corrected chi connectivity index (χ1v) is 8.67. The van der Waals surface area contributed by atoms with Crippen molar-refractivity contribution in [3.05, 3.63) is 47.7 Å². The number of pyridine rings is 1. The van der Waals surface area contributed by atoms with Crippen molar-refractivity contribution in [2.45, 2.75) is 13.1 Å². The van der Waals surface area contributed by atoms with Gasteiger partial charge in [0.15, 0.2) is 0 Å². The molecule has 0 bridgehead atoms. The van der Waals surface area contributed by atoms with Crippen LogP contribution in [0.4, 0.5) is 19.0 Å². The van der Waals surface area contributed by atoms with E-state index in [0.717, 1.165) is 36.7 Å². The van der Waals surface area contributed by atoms with Crippen molar-refractivity contribution in [3.8, 4) is 0 Å². The molecule has 6 nitrogen and oxygen atoms in total. The van der Waals surface area contributed by atoms with Crippen LogP contribution in [0, 0.1) is 18.8 Å². The molecule has 0 N–H and O–H groups in total. The van der Waals surface area contributed by atoms with E-state index in [1.54, 1.807) is 11.1 Å². The molecule has 142 valence electrons. The molecular formula is C18H18F3N5O. The van der Waals surface area contributed by atoms with E-state index < -0.39 is 11.9 Å². The lowest BCUT2D eigenvalue weighted by Gasteiger charge is -2.23. The summed E-state index contributed by atoms with van der Waals surface area (Å²) in [6.07, 6.45) is -0.182. The maximum atomic E-state index is 12.6. The predicted octanol–water partition coefficient (Wildman–Crippen LogP) is 2.41. The lowest BCUT2D eigenvalue weighted by atomic mass is 10.0. The first-order valence-electron chi connectivity index (χ1n) is 8.67. The van der Waals surface area contributed by atoms with Gasteiger partial charge in [-0.05, 0) is 19.1 Å². The van der Waals surface area contributed by atoms with Gasteiger partial charge in [0.25, 0.3) is 5.91 Å². The van der Waals surface area contributed by atoms with Gasteiger partial charge < -0.3 is 9.80 Å². The fourth-order valence-corrected chi connectivity index (χ4v) is 3.93. The van der Waals surface area contributed by atoms with E-state index in [0.29, 0.717) is 24.9 Å². The quantitative estimate of drug-likeness (QED) is 0.804. The number of likely N-dealkylation sites (tertiary alicyclic amines) is 1. The fraction of sp³-hybridized carbons (Fsp3) is 0.444. The third-order valence-electron chi connectivity index (χ3n) is 5.24. The smallest absolute Gasteiger partial charge is 0.356 e. The number of anilines is 1. The second kappa shape index (κ2) is 6.47. The van der Waals surface area contributed by atoms with Gasteiger partial charge in [0, 0.05) is 56.0 Å². The van der Waals surface area contributed by atoms with E-state index in [-0.39, 0.29) is 11.5 Å². The van der Waals surface area contributed by atoms with Crippen LogP contribution in [0.25, 0.3) is 0 Å². The number of carbonyl (C=O) groups is 1. The molecule has 4 heterocycles. The number of hydrogen-bond acceptors (Lipinski definition) is 5. The molecular weight excluding hydrogens is 359 g/mol. The van der Waals surface area contributed by atoms with Crippen LogP contribution in [-0.2, 0) is 6.18 Å². The highest BCUT2D eigenvalue weighted by atomic mass is 19.4. The molecule has 2 atom stereocenters. The number of nitrogens with zero attached hydrogens (tertiary/aromatic N) is 5. The number of halogens is 3. The van der Waals surface area contributed by atoms with Crippen LogP contribution >= 0.6 is 0 Å². The van der Waals surface area contributed by atoms with Crippen LogP contribution in [0.15, 0.2) is 30.9 Å². The normalized spacial score (nSPS) is 22.2. The Hall–Kier alpha value is -2.71. The Balaban J connectivity index is 1.41. The minimum Gasteiger partial charge on any atom is -0.356 e. The molecule has 9 heteroatoms. The van der Waals surface area contributed by atoms with Gasteiger partial charge in [-0.1, -0.05) is 0 Å². The van der Waals surface area contributed by atoms with Gasteiger partial charge in [0.1, 0.15) is 17.8 Å². The zero-order chi connectivity index (χ0) is 19.2. The van der Waals surface area contributed by atoms with Gasteiger partial charge >= 0.3 is 6.18 Å². The van der Waals surface area contributed by atoms with Gasteiger partial charge in [-0.15, -0.1) is 0 Å². The summed E-state index contributed by atoms with van der Waals surface area (Å²) < 4.78 is 37.8. The van der Waals surface area contributed by atoms with Crippen molar-refractivity contribution in [1.82, 2.24) is 19.9 Å². The SMILES string of the molecule is Cc1cncnc1N1CC2CN(C(=O)c3ccc(C(F)(F)F)nc3)CC2C1. The molecule has 0 saturated carbocycles.